The fraction of sp³-hybridized carbons (Fsp3) is 0.571. The molecule has 3 heterocycles. The van der Waals surface area contributed by atoms with E-state index in [1.807, 2.05) is 14.1 Å². The fourth-order valence-electron chi connectivity index (χ4n) is 5.55. The average Bonchev–Trinajstić information content (AvgIpc) is 3.32. The third-order valence-corrected chi connectivity index (χ3v) is 7.79. The lowest BCUT2D eigenvalue weighted by atomic mass is 9.91. The molecule has 2 unspecified atom stereocenters. The fourth-order valence-corrected chi connectivity index (χ4v) is 5.55. The van der Waals surface area contributed by atoms with Crippen LogP contribution in [-0.2, 0) is 31.2 Å². The molecular formula is C28H45N6O+. The zero-order valence-electron chi connectivity index (χ0n) is 23.0. The van der Waals surface area contributed by atoms with E-state index in [2.05, 4.69) is 95.1 Å². The molecule has 0 saturated carbocycles. The van der Waals surface area contributed by atoms with Crippen LogP contribution in [0.3, 0.4) is 0 Å². The molecule has 1 aromatic rings. The monoisotopic (exact) mass is 481 g/mol. The summed E-state index contributed by atoms with van der Waals surface area (Å²) >= 11 is 0. The molecule has 35 heavy (non-hydrogen) atoms. The van der Waals surface area contributed by atoms with Gasteiger partial charge in [-0.05, 0) is 57.7 Å². The molecule has 4 aliphatic rings. The largest absolute Gasteiger partial charge is 0.350 e. The number of aldehydes is 1. The topological polar surface area (TPSA) is 46.8 Å². The van der Waals surface area contributed by atoms with Crippen molar-refractivity contribution in [1.29, 1.82) is 0 Å². The van der Waals surface area contributed by atoms with E-state index in [9.17, 15) is 0 Å². The van der Waals surface area contributed by atoms with Crippen molar-refractivity contribution in [3.63, 3.8) is 0 Å². The highest BCUT2D eigenvalue weighted by Crippen LogP contribution is 2.38. The number of carbonyl (C=O) groups excluding carboxylic acids is 1. The van der Waals surface area contributed by atoms with Gasteiger partial charge in [0.1, 0.15) is 13.3 Å². The minimum atomic E-state index is 0.472. The van der Waals surface area contributed by atoms with E-state index >= 15 is 0 Å². The summed E-state index contributed by atoms with van der Waals surface area (Å²) in [5, 5.41) is 6.78. The number of aromatic nitrogens is 1. The maximum atomic E-state index is 8.81. The molecule has 1 aromatic heterocycles. The van der Waals surface area contributed by atoms with Gasteiger partial charge in [-0.2, -0.15) is 0 Å². The Kier molecular flexibility index (Phi) is 9.41. The SMILES string of the molecule is CC1c2c3c(n(C)c2CN(C)N1C)CCCC3.CC=O.CNN(C)CC1=CC2C=CC=CC2=[N+]1C. The number of allylic oxidation sites excluding steroid dienone is 5. The Hall–Kier alpha value is -2.32. The second-order valence-corrected chi connectivity index (χ2v) is 9.84. The second-order valence-electron chi connectivity index (χ2n) is 9.84. The number of fused-ring (bicyclic) bond motifs is 4. The molecule has 5 rings (SSSR count). The Bertz CT molecular complexity index is 1030. The zero-order valence-corrected chi connectivity index (χ0v) is 23.0. The summed E-state index contributed by atoms with van der Waals surface area (Å²) in [4.78, 5) is 8.81. The normalized spacial score (nSPS) is 23.1. The van der Waals surface area contributed by atoms with Crippen LogP contribution in [0, 0.1) is 5.92 Å². The predicted molar refractivity (Wildman–Crippen MR) is 144 cm³/mol. The molecular weight excluding hydrogens is 436 g/mol. The van der Waals surface area contributed by atoms with Gasteiger partial charge in [-0.15, -0.1) is 0 Å². The quantitative estimate of drug-likeness (QED) is 0.408. The van der Waals surface area contributed by atoms with Crippen molar-refractivity contribution >= 4 is 12.0 Å². The van der Waals surface area contributed by atoms with E-state index in [4.69, 9.17) is 4.79 Å². The van der Waals surface area contributed by atoms with E-state index in [0.29, 0.717) is 12.0 Å². The summed E-state index contributed by atoms with van der Waals surface area (Å²) < 4.78 is 4.75. The van der Waals surface area contributed by atoms with Gasteiger partial charge in [-0.3, -0.25) is 5.43 Å². The van der Waals surface area contributed by atoms with Crippen LogP contribution < -0.4 is 5.43 Å². The van der Waals surface area contributed by atoms with Gasteiger partial charge in [-0.1, -0.05) is 18.2 Å². The number of nitrogens with one attached hydrogen (secondary N) is 1. The molecule has 2 atom stereocenters. The highest BCUT2D eigenvalue weighted by atomic mass is 16.1. The van der Waals surface area contributed by atoms with Crippen molar-refractivity contribution in [2.45, 2.75) is 52.1 Å². The van der Waals surface area contributed by atoms with Gasteiger partial charge in [0.15, 0.2) is 11.4 Å². The first-order valence-electron chi connectivity index (χ1n) is 12.8. The molecule has 0 saturated heterocycles. The summed E-state index contributed by atoms with van der Waals surface area (Å²) in [7, 11) is 12.8. The van der Waals surface area contributed by atoms with Crippen LogP contribution >= 0.6 is 0 Å². The van der Waals surface area contributed by atoms with Crippen molar-refractivity contribution in [2.24, 2.45) is 13.0 Å². The number of nitrogens with zero attached hydrogens (tertiary/aromatic N) is 5. The first-order valence-corrected chi connectivity index (χ1v) is 12.8. The molecule has 2 aliphatic carbocycles. The lowest BCUT2D eigenvalue weighted by Crippen LogP contribution is -2.42. The predicted octanol–water partition coefficient (Wildman–Crippen LogP) is 3.24. The van der Waals surface area contributed by atoms with Gasteiger partial charge in [0.2, 0.25) is 0 Å². The third kappa shape index (κ3) is 5.75. The van der Waals surface area contributed by atoms with Crippen LogP contribution in [0.1, 0.15) is 55.2 Å². The molecule has 0 spiro atoms. The number of rotatable bonds is 3. The molecule has 192 valence electrons. The first-order chi connectivity index (χ1) is 16.7. The van der Waals surface area contributed by atoms with Crippen LogP contribution in [0.5, 0.6) is 0 Å². The van der Waals surface area contributed by atoms with Crippen LogP contribution in [-0.4, -0.2) is 78.0 Å². The van der Waals surface area contributed by atoms with Gasteiger partial charge in [-0.25, -0.2) is 19.6 Å². The molecule has 7 heteroatoms. The van der Waals surface area contributed by atoms with E-state index in [1.165, 1.54) is 44.0 Å². The van der Waals surface area contributed by atoms with Crippen LogP contribution in [0.15, 0.2) is 36.1 Å². The van der Waals surface area contributed by atoms with Crippen LogP contribution in [0.2, 0.25) is 0 Å². The minimum absolute atomic E-state index is 0.472. The molecule has 0 bridgehead atoms. The van der Waals surface area contributed by atoms with E-state index in [0.717, 1.165) is 19.4 Å². The van der Waals surface area contributed by atoms with Crippen LogP contribution in [0.25, 0.3) is 0 Å². The maximum Gasteiger partial charge on any atom is 0.194 e. The lowest BCUT2D eigenvalue weighted by molar-refractivity contribution is -0.443. The Morgan fingerprint density at radius 3 is 2.51 bits per heavy atom. The summed E-state index contributed by atoms with van der Waals surface area (Å²) in [6.45, 7) is 5.76. The van der Waals surface area contributed by atoms with Crippen molar-refractivity contribution in [1.82, 2.24) is 25.0 Å². The Morgan fingerprint density at radius 2 is 1.86 bits per heavy atom. The van der Waals surface area contributed by atoms with Gasteiger partial charge < -0.3 is 9.36 Å². The smallest absolute Gasteiger partial charge is 0.194 e. The van der Waals surface area contributed by atoms with Gasteiger partial charge in [0.25, 0.3) is 0 Å². The maximum absolute atomic E-state index is 8.81. The summed E-state index contributed by atoms with van der Waals surface area (Å²) in [6, 6.07) is 0.525. The molecule has 0 fully saturated rings. The molecule has 2 aliphatic heterocycles. The van der Waals surface area contributed by atoms with Gasteiger partial charge >= 0.3 is 0 Å². The van der Waals surface area contributed by atoms with Crippen molar-refractivity contribution in [3.8, 4) is 0 Å². The standard InChI is InChI=1S/C14H23N3.C12H18N3.C2H4O/c1-10-14-11-7-5-6-8-12(11)16(3)13(14)9-15(2)17(10)4;1-13-14(2)9-11-8-10-6-4-5-7-12(10)15(11)3;1-2-3/h10H,5-9H2,1-4H3;4-8,10,13H,9H2,1-3H3;2H,1H3/q;+1;. The molecule has 7 nitrogen and oxygen atoms in total. The second kappa shape index (κ2) is 12.1. The van der Waals surface area contributed by atoms with E-state index < -0.39 is 0 Å². The lowest BCUT2D eigenvalue weighted by Gasteiger charge is -2.39. The molecule has 0 amide bonds. The number of hydrogen-bond acceptors (Lipinski definition) is 5. The van der Waals surface area contributed by atoms with E-state index in [-0.39, 0.29) is 0 Å². The van der Waals surface area contributed by atoms with Crippen LogP contribution in [0.4, 0.5) is 0 Å². The summed E-state index contributed by atoms with van der Waals surface area (Å²) in [5.41, 5.74) is 12.3. The average molecular weight is 482 g/mol. The highest BCUT2D eigenvalue weighted by Gasteiger charge is 2.33. The van der Waals surface area contributed by atoms with Gasteiger partial charge in [0, 0.05) is 57.8 Å². The molecule has 1 N–H and O–H groups in total. The van der Waals surface area contributed by atoms with Crippen molar-refractivity contribution < 1.29 is 9.37 Å². The zero-order chi connectivity index (χ0) is 25.7. The van der Waals surface area contributed by atoms with E-state index in [1.54, 1.807) is 22.5 Å². The summed E-state index contributed by atoms with van der Waals surface area (Å²) in [6.07, 6.45) is 17.0. The number of hydrazine groups is 2. The van der Waals surface area contributed by atoms with Gasteiger partial charge in [0.05, 0.1) is 19.0 Å². The first kappa shape index (κ1) is 27.3. The molecule has 0 radical (unpaired) electrons. The van der Waals surface area contributed by atoms with Crippen molar-refractivity contribution in [2.75, 3.05) is 41.8 Å². The molecule has 0 aromatic carbocycles. The highest BCUT2D eigenvalue weighted by molar-refractivity contribution is 5.98. The minimum Gasteiger partial charge on any atom is -0.350 e. The summed E-state index contributed by atoms with van der Waals surface area (Å²) in [5.74, 6) is 0.472. The third-order valence-electron chi connectivity index (χ3n) is 7.79. The Balaban J connectivity index is 0.000000177. The number of likely N-dealkylation sites (N-methyl/N-ethyl adjacent to an activating group) is 2. The Labute approximate surface area is 212 Å². The number of hydrogen-bond donors (Lipinski definition) is 1. The Morgan fingerprint density at radius 1 is 1.17 bits per heavy atom. The number of carbonyl (C=O) groups is 1. The van der Waals surface area contributed by atoms with Crippen molar-refractivity contribution in [3.05, 3.63) is 58.6 Å².